The number of aromatic carboxylic acids is 2. The van der Waals surface area contributed by atoms with Crippen LogP contribution >= 0.6 is 38.5 Å². The van der Waals surface area contributed by atoms with Gasteiger partial charge in [-0.1, -0.05) is 15.9 Å². The number of halogens is 2. The zero-order valence-electron chi connectivity index (χ0n) is 9.05. The Morgan fingerprint density at radius 1 is 1.26 bits per heavy atom. The van der Waals surface area contributed by atoms with Gasteiger partial charge in [-0.05, 0) is 40.8 Å². The molecule has 8 heteroatoms. The number of nitrogens with zero attached hydrogens (tertiary/aromatic N) is 1. The van der Waals surface area contributed by atoms with Gasteiger partial charge >= 0.3 is 11.9 Å². The Morgan fingerprint density at radius 2 is 1.95 bits per heavy atom. The molecule has 0 aliphatic rings. The van der Waals surface area contributed by atoms with Crippen LogP contribution in [-0.4, -0.2) is 27.1 Å². The molecule has 2 aromatic rings. The third-order valence-electron chi connectivity index (χ3n) is 2.18. The van der Waals surface area contributed by atoms with Crippen LogP contribution in [0.3, 0.4) is 0 Å². The quantitative estimate of drug-likeness (QED) is 0.715. The van der Waals surface area contributed by atoms with Gasteiger partial charge in [0.05, 0.1) is 5.56 Å². The summed E-state index contributed by atoms with van der Waals surface area (Å²) in [6.07, 6.45) is 0. The van der Waals surface area contributed by atoms with Crippen molar-refractivity contribution in [3.63, 3.8) is 0 Å². The summed E-state index contributed by atoms with van der Waals surface area (Å²) in [5.41, 5.74) is -0.0942. The number of oxazole rings is 1. The Labute approximate surface area is 128 Å². The van der Waals surface area contributed by atoms with Gasteiger partial charge in [0.2, 0.25) is 17.3 Å². The van der Waals surface area contributed by atoms with E-state index in [1.165, 1.54) is 0 Å². The standard InChI is InChI=1S/C11H5BrINO5/c12-4-1-2-6(13)5(3-4)9-14-7(10(15)16)8(19-9)11(17)18/h1-3H,(H,15,16)(H,17,18). The van der Waals surface area contributed by atoms with Crippen LogP contribution in [0, 0.1) is 3.57 Å². The van der Waals surface area contributed by atoms with Crippen molar-refractivity contribution in [2.75, 3.05) is 0 Å². The highest BCUT2D eigenvalue weighted by molar-refractivity contribution is 14.1. The van der Waals surface area contributed by atoms with Crippen LogP contribution in [0.5, 0.6) is 0 Å². The summed E-state index contributed by atoms with van der Waals surface area (Å²) in [4.78, 5) is 25.6. The van der Waals surface area contributed by atoms with Gasteiger partial charge < -0.3 is 14.6 Å². The molecule has 0 saturated carbocycles. The van der Waals surface area contributed by atoms with E-state index in [1.807, 2.05) is 22.6 Å². The monoisotopic (exact) mass is 437 g/mol. The van der Waals surface area contributed by atoms with Crippen molar-refractivity contribution in [1.82, 2.24) is 4.98 Å². The Bertz CT molecular complexity index is 650. The zero-order valence-corrected chi connectivity index (χ0v) is 12.8. The second-order valence-corrected chi connectivity index (χ2v) is 5.51. The first-order valence-electron chi connectivity index (χ1n) is 4.83. The maximum absolute atomic E-state index is 10.9. The molecular formula is C11H5BrINO5. The van der Waals surface area contributed by atoms with Gasteiger partial charge in [-0.3, -0.25) is 0 Å². The van der Waals surface area contributed by atoms with Crippen molar-refractivity contribution in [1.29, 1.82) is 0 Å². The third kappa shape index (κ3) is 2.78. The van der Waals surface area contributed by atoms with Crippen molar-refractivity contribution in [2.45, 2.75) is 0 Å². The molecule has 6 nitrogen and oxygen atoms in total. The van der Waals surface area contributed by atoms with Crippen LogP contribution < -0.4 is 0 Å². The summed E-state index contributed by atoms with van der Waals surface area (Å²) in [7, 11) is 0. The molecule has 0 aliphatic heterocycles. The second-order valence-electron chi connectivity index (χ2n) is 3.43. The molecule has 0 aliphatic carbocycles. The maximum atomic E-state index is 10.9. The van der Waals surface area contributed by atoms with Crippen molar-refractivity contribution < 1.29 is 24.2 Å². The molecular weight excluding hydrogens is 433 g/mol. The van der Waals surface area contributed by atoms with Crippen molar-refractivity contribution in [2.24, 2.45) is 0 Å². The lowest BCUT2D eigenvalue weighted by molar-refractivity contribution is 0.0624. The summed E-state index contributed by atoms with van der Waals surface area (Å²) < 4.78 is 6.55. The molecule has 0 atom stereocenters. The number of carboxylic acids is 2. The highest BCUT2D eigenvalue weighted by Gasteiger charge is 2.26. The fourth-order valence-corrected chi connectivity index (χ4v) is 2.31. The van der Waals surface area contributed by atoms with E-state index in [9.17, 15) is 9.59 Å². The molecule has 0 amide bonds. The van der Waals surface area contributed by atoms with E-state index in [2.05, 4.69) is 20.9 Å². The average molecular weight is 438 g/mol. The molecule has 0 fully saturated rings. The lowest BCUT2D eigenvalue weighted by Crippen LogP contribution is -2.05. The van der Waals surface area contributed by atoms with Gasteiger partial charge in [0.15, 0.2) is 0 Å². The maximum Gasteiger partial charge on any atom is 0.374 e. The van der Waals surface area contributed by atoms with E-state index in [0.717, 1.165) is 8.04 Å². The Balaban J connectivity index is 2.64. The van der Waals surface area contributed by atoms with Crippen LogP contribution in [0.2, 0.25) is 0 Å². The van der Waals surface area contributed by atoms with E-state index in [-0.39, 0.29) is 5.89 Å². The molecule has 1 aromatic heterocycles. The number of carboxylic acid groups (broad SMARTS) is 2. The minimum absolute atomic E-state index is 0.0412. The number of rotatable bonds is 3. The van der Waals surface area contributed by atoms with Gasteiger partial charge in [-0.2, -0.15) is 0 Å². The number of hydrogen-bond donors (Lipinski definition) is 2. The molecule has 2 N–H and O–H groups in total. The molecule has 0 saturated heterocycles. The topological polar surface area (TPSA) is 101 Å². The van der Waals surface area contributed by atoms with Crippen LogP contribution in [0.25, 0.3) is 11.5 Å². The first-order valence-corrected chi connectivity index (χ1v) is 6.70. The molecule has 2 rings (SSSR count). The smallest absolute Gasteiger partial charge is 0.374 e. The van der Waals surface area contributed by atoms with E-state index in [4.69, 9.17) is 14.6 Å². The number of carbonyl (C=O) groups is 2. The average Bonchev–Trinajstić information content (AvgIpc) is 2.77. The Morgan fingerprint density at radius 3 is 2.47 bits per heavy atom. The van der Waals surface area contributed by atoms with E-state index >= 15 is 0 Å². The van der Waals surface area contributed by atoms with Crippen LogP contribution in [0.15, 0.2) is 27.1 Å². The predicted octanol–water partition coefficient (Wildman–Crippen LogP) is 3.11. The number of benzene rings is 1. The predicted molar refractivity (Wildman–Crippen MR) is 76.3 cm³/mol. The van der Waals surface area contributed by atoms with Crippen molar-refractivity contribution >= 4 is 50.5 Å². The minimum Gasteiger partial charge on any atom is -0.476 e. The minimum atomic E-state index is -1.47. The van der Waals surface area contributed by atoms with E-state index in [1.54, 1.807) is 18.2 Å². The normalized spacial score (nSPS) is 10.4. The first kappa shape index (κ1) is 14.0. The van der Waals surface area contributed by atoms with Gasteiger partial charge in [-0.15, -0.1) is 0 Å². The van der Waals surface area contributed by atoms with Crippen LogP contribution in [-0.2, 0) is 0 Å². The van der Waals surface area contributed by atoms with E-state index < -0.39 is 23.4 Å². The summed E-state index contributed by atoms with van der Waals surface area (Å²) in [6.45, 7) is 0. The first-order chi connectivity index (χ1) is 8.90. The summed E-state index contributed by atoms with van der Waals surface area (Å²) >= 11 is 5.29. The molecule has 0 spiro atoms. The zero-order chi connectivity index (χ0) is 14.2. The van der Waals surface area contributed by atoms with Gasteiger partial charge in [0.1, 0.15) is 0 Å². The van der Waals surface area contributed by atoms with Crippen LogP contribution in [0.1, 0.15) is 21.0 Å². The molecule has 0 radical (unpaired) electrons. The third-order valence-corrected chi connectivity index (χ3v) is 3.62. The number of hydrogen-bond acceptors (Lipinski definition) is 4. The molecule has 0 bridgehead atoms. The summed E-state index contributed by atoms with van der Waals surface area (Å²) in [5, 5.41) is 17.8. The lowest BCUT2D eigenvalue weighted by atomic mass is 10.2. The molecule has 19 heavy (non-hydrogen) atoms. The summed E-state index contributed by atoms with van der Waals surface area (Å²) in [5.74, 6) is -3.64. The van der Waals surface area contributed by atoms with Gasteiger partial charge in [0, 0.05) is 8.04 Å². The van der Waals surface area contributed by atoms with Crippen molar-refractivity contribution in [3.8, 4) is 11.5 Å². The van der Waals surface area contributed by atoms with Crippen LogP contribution in [0.4, 0.5) is 0 Å². The highest BCUT2D eigenvalue weighted by Crippen LogP contribution is 2.29. The fourth-order valence-electron chi connectivity index (χ4n) is 1.39. The largest absolute Gasteiger partial charge is 0.476 e. The molecule has 98 valence electrons. The SMILES string of the molecule is O=C(O)c1nc(-c2cc(Br)ccc2I)oc1C(=O)O. The van der Waals surface area contributed by atoms with Crippen molar-refractivity contribution in [3.05, 3.63) is 37.7 Å². The van der Waals surface area contributed by atoms with Gasteiger partial charge in [0.25, 0.3) is 0 Å². The summed E-state index contributed by atoms with van der Waals surface area (Å²) in [6, 6.07) is 5.24. The Hall–Kier alpha value is -1.42. The molecule has 1 heterocycles. The van der Waals surface area contributed by atoms with Gasteiger partial charge in [-0.25, -0.2) is 14.6 Å². The molecule has 1 aromatic carbocycles. The Kier molecular flexibility index (Phi) is 3.90. The number of aromatic nitrogens is 1. The fraction of sp³-hybridized carbons (Fsp3) is 0. The second kappa shape index (κ2) is 5.29. The lowest BCUT2D eigenvalue weighted by Gasteiger charge is -2.00. The molecule has 0 unspecified atom stereocenters. The highest BCUT2D eigenvalue weighted by atomic mass is 127. The van der Waals surface area contributed by atoms with E-state index in [0.29, 0.717) is 5.56 Å².